The number of anilines is 1. The highest BCUT2D eigenvalue weighted by atomic mass is 15.1. The third-order valence-corrected chi connectivity index (χ3v) is 3.18. The SMILES string of the molecule is Cc1cccc(N(CCCN)CCCN)c1C. The molecule has 0 aliphatic heterocycles. The molecule has 0 saturated carbocycles. The fraction of sp³-hybridized carbons (Fsp3) is 0.571. The van der Waals surface area contributed by atoms with Crippen LogP contribution in [0.2, 0.25) is 0 Å². The summed E-state index contributed by atoms with van der Waals surface area (Å²) in [6.07, 6.45) is 2.05. The molecule has 0 spiro atoms. The molecule has 3 nitrogen and oxygen atoms in total. The minimum absolute atomic E-state index is 0.740. The molecule has 1 aromatic carbocycles. The van der Waals surface area contributed by atoms with Gasteiger partial charge < -0.3 is 16.4 Å². The first-order valence-electron chi connectivity index (χ1n) is 6.42. The monoisotopic (exact) mass is 235 g/mol. The van der Waals surface area contributed by atoms with Gasteiger partial charge in [-0.2, -0.15) is 0 Å². The van der Waals surface area contributed by atoms with Gasteiger partial charge in [0.25, 0.3) is 0 Å². The van der Waals surface area contributed by atoms with E-state index >= 15 is 0 Å². The van der Waals surface area contributed by atoms with Crippen molar-refractivity contribution in [1.29, 1.82) is 0 Å². The number of benzene rings is 1. The van der Waals surface area contributed by atoms with Crippen LogP contribution in [-0.2, 0) is 0 Å². The van der Waals surface area contributed by atoms with Crippen LogP contribution in [0.3, 0.4) is 0 Å². The van der Waals surface area contributed by atoms with Crippen molar-refractivity contribution in [3.8, 4) is 0 Å². The lowest BCUT2D eigenvalue weighted by Gasteiger charge is -2.27. The molecule has 0 bridgehead atoms. The number of aryl methyl sites for hydroxylation is 1. The van der Waals surface area contributed by atoms with Gasteiger partial charge in [-0.25, -0.2) is 0 Å². The van der Waals surface area contributed by atoms with Gasteiger partial charge in [-0.3, -0.25) is 0 Å². The summed E-state index contributed by atoms with van der Waals surface area (Å²) in [4.78, 5) is 2.40. The van der Waals surface area contributed by atoms with E-state index in [0.29, 0.717) is 0 Å². The Morgan fingerprint density at radius 2 is 1.59 bits per heavy atom. The molecule has 1 aromatic rings. The minimum atomic E-state index is 0.740. The van der Waals surface area contributed by atoms with Gasteiger partial charge in [0, 0.05) is 18.8 Å². The Labute approximate surface area is 105 Å². The molecule has 0 aliphatic carbocycles. The number of hydrogen-bond donors (Lipinski definition) is 2. The van der Waals surface area contributed by atoms with Crippen molar-refractivity contribution < 1.29 is 0 Å². The van der Waals surface area contributed by atoms with Crippen molar-refractivity contribution in [2.75, 3.05) is 31.1 Å². The van der Waals surface area contributed by atoms with Crippen molar-refractivity contribution >= 4 is 5.69 Å². The first-order chi connectivity index (χ1) is 8.20. The quantitative estimate of drug-likeness (QED) is 0.758. The lowest BCUT2D eigenvalue weighted by Crippen LogP contribution is -2.29. The maximum absolute atomic E-state index is 5.60. The summed E-state index contributed by atoms with van der Waals surface area (Å²) < 4.78 is 0. The van der Waals surface area contributed by atoms with Gasteiger partial charge in [0.05, 0.1) is 0 Å². The van der Waals surface area contributed by atoms with Crippen LogP contribution in [0.4, 0.5) is 5.69 Å². The fourth-order valence-corrected chi connectivity index (χ4v) is 2.00. The van der Waals surface area contributed by atoms with E-state index in [0.717, 1.165) is 39.0 Å². The lowest BCUT2D eigenvalue weighted by atomic mass is 10.1. The van der Waals surface area contributed by atoms with E-state index in [1.165, 1.54) is 16.8 Å². The largest absolute Gasteiger partial charge is 0.371 e. The Morgan fingerprint density at radius 3 is 2.12 bits per heavy atom. The van der Waals surface area contributed by atoms with Crippen LogP contribution >= 0.6 is 0 Å². The van der Waals surface area contributed by atoms with E-state index in [4.69, 9.17) is 11.5 Å². The van der Waals surface area contributed by atoms with E-state index in [-0.39, 0.29) is 0 Å². The average Bonchev–Trinajstić information content (AvgIpc) is 2.34. The molecular weight excluding hydrogens is 210 g/mol. The maximum Gasteiger partial charge on any atom is 0.0398 e. The summed E-state index contributed by atoms with van der Waals surface area (Å²) in [5.74, 6) is 0. The van der Waals surface area contributed by atoms with Gasteiger partial charge in [0.2, 0.25) is 0 Å². The van der Waals surface area contributed by atoms with Crippen molar-refractivity contribution in [3.63, 3.8) is 0 Å². The minimum Gasteiger partial charge on any atom is -0.371 e. The summed E-state index contributed by atoms with van der Waals surface area (Å²) >= 11 is 0. The van der Waals surface area contributed by atoms with Crippen LogP contribution in [0, 0.1) is 13.8 Å². The zero-order chi connectivity index (χ0) is 12.7. The molecule has 3 heteroatoms. The van der Waals surface area contributed by atoms with Crippen LogP contribution in [0.25, 0.3) is 0 Å². The topological polar surface area (TPSA) is 55.3 Å². The molecular formula is C14H25N3. The Kier molecular flexibility index (Phi) is 6.01. The highest BCUT2D eigenvalue weighted by Gasteiger charge is 2.09. The summed E-state index contributed by atoms with van der Waals surface area (Å²) in [5.41, 5.74) is 15.2. The highest BCUT2D eigenvalue weighted by molar-refractivity contribution is 5.55. The third-order valence-electron chi connectivity index (χ3n) is 3.18. The molecule has 96 valence electrons. The summed E-state index contributed by atoms with van der Waals surface area (Å²) in [6, 6.07) is 6.47. The summed E-state index contributed by atoms with van der Waals surface area (Å²) in [6.45, 7) is 7.85. The molecule has 0 fully saturated rings. The Balaban J connectivity index is 2.83. The van der Waals surface area contributed by atoms with E-state index in [1.807, 2.05) is 0 Å². The Morgan fingerprint density at radius 1 is 1.00 bits per heavy atom. The zero-order valence-electron chi connectivity index (χ0n) is 11.1. The molecule has 17 heavy (non-hydrogen) atoms. The molecule has 0 aromatic heterocycles. The van der Waals surface area contributed by atoms with Gasteiger partial charge in [-0.15, -0.1) is 0 Å². The second-order valence-electron chi connectivity index (χ2n) is 4.49. The third kappa shape index (κ3) is 4.02. The van der Waals surface area contributed by atoms with E-state index in [1.54, 1.807) is 0 Å². The van der Waals surface area contributed by atoms with Crippen LogP contribution < -0.4 is 16.4 Å². The molecule has 0 amide bonds. The molecule has 4 N–H and O–H groups in total. The van der Waals surface area contributed by atoms with Crippen molar-refractivity contribution in [2.24, 2.45) is 11.5 Å². The Hall–Kier alpha value is -1.06. The number of nitrogens with two attached hydrogens (primary N) is 2. The molecule has 0 heterocycles. The van der Waals surface area contributed by atoms with Crippen LogP contribution in [0.5, 0.6) is 0 Å². The van der Waals surface area contributed by atoms with Crippen molar-refractivity contribution in [3.05, 3.63) is 29.3 Å². The molecule has 0 unspecified atom stereocenters. The molecule has 0 atom stereocenters. The Bertz CT molecular complexity index is 328. The molecule has 0 aliphatic rings. The standard InChI is InChI=1S/C14H25N3/c1-12-6-3-7-14(13(12)2)17(10-4-8-15)11-5-9-16/h3,6-7H,4-5,8-11,15-16H2,1-2H3. The second-order valence-corrected chi connectivity index (χ2v) is 4.49. The molecule has 1 rings (SSSR count). The van der Waals surface area contributed by atoms with Crippen LogP contribution in [0.15, 0.2) is 18.2 Å². The first-order valence-corrected chi connectivity index (χ1v) is 6.42. The van der Waals surface area contributed by atoms with Gasteiger partial charge in [0.15, 0.2) is 0 Å². The predicted molar refractivity (Wildman–Crippen MR) is 75.5 cm³/mol. The summed E-state index contributed by atoms with van der Waals surface area (Å²) in [7, 11) is 0. The zero-order valence-corrected chi connectivity index (χ0v) is 11.1. The van der Waals surface area contributed by atoms with Gasteiger partial charge in [-0.1, -0.05) is 12.1 Å². The normalized spacial score (nSPS) is 10.6. The fourth-order valence-electron chi connectivity index (χ4n) is 2.00. The van der Waals surface area contributed by atoms with E-state index < -0.39 is 0 Å². The smallest absolute Gasteiger partial charge is 0.0398 e. The molecule has 0 saturated heterocycles. The first kappa shape index (κ1) is 14.0. The lowest BCUT2D eigenvalue weighted by molar-refractivity contribution is 0.701. The number of hydrogen-bond acceptors (Lipinski definition) is 3. The summed E-state index contributed by atoms with van der Waals surface area (Å²) in [5, 5.41) is 0. The van der Waals surface area contributed by atoms with Gasteiger partial charge in [-0.05, 0) is 57.0 Å². The van der Waals surface area contributed by atoms with Crippen molar-refractivity contribution in [1.82, 2.24) is 0 Å². The van der Waals surface area contributed by atoms with E-state index in [9.17, 15) is 0 Å². The van der Waals surface area contributed by atoms with Crippen LogP contribution in [0.1, 0.15) is 24.0 Å². The number of nitrogens with zero attached hydrogens (tertiary/aromatic N) is 1. The predicted octanol–water partition coefficient (Wildman–Crippen LogP) is 1.81. The van der Waals surface area contributed by atoms with Crippen LogP contribution in [-0.4, -0.2) is 26.2 Å². The van der Waals surface area contributed by atoms with E-state index in [2.05, 4.69) is 36.9 Å². The maximum atomic E-state index is 5.60. The average molecular weight is 235 g/mol. The van der Waals surface area contributed by atoms with Crippen molar-refractivity contribution in [2.45, 2.75) is 26.7 Å². The molecule has 0 radical (unpaired) electrons. The van der Waals surface area contributed by atoms with Gasteiger partial charge >= 0.3 is 0 Å². The highest BCUT2D eigenvalue weighted by Crippen LogP contribution is 2.23. The number of rotatable bonds is 7. The van der Waals surface area contributed by atoms with Gasteiger partial charge in [0.1, 0.15) is 0 Å². The second kappa shape index (κ2) is 7.30.